The SMILES string of the molecule is CCOc1ccccc1N(CC(=O)N(Cc1ccc(Cl)cc1Cl)C(Cc1ccccc1)C(=O)NC1CCCC1)S(=O)(=O)c1ccc(Cl)cc1. The Labute approximate surface area is 303 Å². The normalized spacial score (nSPS) is 13.9. The molecule has 258 valence electrons. The monoisotopic (exact) mass is 741 g/mol. The molecule has 4 aromatic carbocycles. The molecule has 1 N–H and O–H groups in total. The van der Waals surface area contributed by atoms with Crippen LogP contribution in [0.4, 0.5) is 5.69 Å². The number of halogens is 3. The van der Waals surface area contributed by atoms with Crippen molar-refractivity contribution in [2.75, 3.05) is 17.5 Å². The van der Waals surface area contributed by atoms with E-state index in [9.17, 15) is 18.0 Å². The third-order valence-electron chi connectivity index (χ3n) is 8.44. The number of carbonyl (C=O) groups excluding carboxylic acids is 2. The predicted molar refractivity (Wildman–Crippen MR) is 195 cm³/mol. The van der Waals surface area contributed by atoms with Crippen LogP contribution in [0.1, 0.15) is 43.7 Å². The number of hydrogen-bond donors (Lipinski definition) is 1. The summed E-state index contributed by atoms with van der Waals surface area (Å²) in [4.78, 5) is 30.3. The smallest absolute Gasteiger partial charge is 0.264 e. The fraction of sp³-hybridized carbons (Fsp3) is 0.297. The number of nitrogens with one attached hydrogen (secondary N) is 1. The van der Waals surface area contributed by atoms with Crippen molar-refractivity contribution in [3.8, 4) is 5.75 Å². The lowest BCUT2D eigenvalue weighted by molar-refractivity contribution is -0.140. The Morgan fingerprint density at radius 3 is 2.20 bits per heavy atom. The summed E-state index contributed by atoms with van der Waals surface area (Å²) in [6.45, 7) is 1.34. The largest absolute Gasteiger partial charge is 0.492 e. The third kappa shape index (κ3) is 9.28. The van der Waals surface area contributed by atoms with Crippen LogP contribution in [0.25, 0.3) is 0 Å². The lowest BCUT2D eigenvalue weighted by Gasteiger charge is -2.34. The summed E-state index contributed by atoms with van der Waals surface area (Å²) in [6, 6.07) is 25.7. The fourth-order valence-electron chi connectivity index (χ4n) is 5.94. The predicted octanol–water partition coefficient (Wildman–Crippen LogP) is 7.94. The zero-order valence-electron chi connectivity index (χ0n) is 27.0. The van der Waals surface area contributed by atoms with E-state index in [1.807, 2.05) is 30.3 Å². The number of hydrogen-bond acceptors (Lipinski definition) is 5. The van der Waals surface area contributed by atoms with Gasteiger partial charge in [-0.05, 0) is 79.4 Å². The minimum Gasteiger partial charge on any atom is -0.492 e. The maximum Gasteiger partial charge on any atom is 0.264 e. The molecule has 4 aromatic rings. The van der Waals surface area contributed by atoms with Gasteiger partial charge in [0.1, 0.15) is 18.3 Å². The zero-order chi connectivity index (χ0) is 35.0. The number of sulfonamides is 1. The maximum atomic E-state index is 14.8. The highest BCUT2D eigenvalue weighted by atomic mass is 35.5. The summed E-state index contributed by atoms with van der Waals surface area (Å²) in [5.74, 6) is -0.657. The van der Waals surface area contributed by atoms with E-state index in [1.54, 1.807) is 49.4 Å². The minimum atomic E-state index is -4.35. The average Bonchev–Trinajstić information content (AvgIpc) is 3.60. The second-order valence-corrected chi connectivity index (χ2v) is 15.0. The molecule has 49 heavy (non-hydrogen) atoms. The van der Waals surface area contributed by atoms with Gasteiger partial charge < -0.3 is 15.0 Å². The van der Waals surface area contributed by atoms with E-state index in [2.05, 4.69) is 5.32 Å². The van der Waals surface area contributed by atoms with Gasteiger partial charge in [0.15, 0.2) is 0 Å². The standard InChI is InChI=1S/C37H38Cl3N3O5S/c1-2-48-35-15-9-8-14-33(35)43(49(46,47)31-20-18-28(38)19-21-31)25-36(44)42(24-27-16-17-29(39)23-32(27)40)34(22-26-10-4-3-5-11-26)37(45)41-30-12-6-7-13-30/h3-5,8-11,14-21,23,30,34H,2,6-7,12-13,22,24-25H2,1H3,(H,41,45). The molecule has 2 amide bonds. The van der Waals surface area contributed by atoms with E-state index in [4.69, 9.17) is 39.5 Å². The molecule has 8 nitrogen and oxygen atoms in total. The van der Waals surface area contributed by atoms with E-state index >= 15 is 0 Å². The number of rotatable bonds is 14. The lowest BCUT2D eigenvalue weighted by Crippen LogP contribution is -2.54. The summed E-state index contributed by atoms with van der Waals surface area (Å²) in [6.07, 6.45) is 3.90. The molecule has 1 fully saturated rings. The Hall–Kier alpha value is -3.76. The van der Waals surface area contributed by atoms with Crippen LogP contribution in [0.2, 0.25) is 15.1 Å². The van der Waals surface area contributed by atoms with Crippen molar-refractivity contribution in [2.24, 2.45) is 0 Å². The number of anilines is 1. The molecule has 1 aliphatic rings. The summed E-state index contributed by atoms with van der Waals surface area (Å²) < 4.78 is 35.6. The van der Waals surface area contributed by atoms with E-state index < -0.39 is 28.5 Å². The van der Waals surface area contributed by atoms with Gasteiger partial charge in [-0.25, -0.2) is 8.42 Å². The molecular weight excluding hydrogens is 705 g/mol. The molecule has 0 bridgehead atoms. The molecule has 0 saturated heterocycles. The van der Waals surface area contributed by atoms with Crippen molar-refractivity contribution in [1.29, 1.82) is 0 Å². The first-order valence-corrected chi connectivity index (χ1v) is 18.7. The molecule has 0 radical (unpaired) electrons. The molecule has 1 saturated carbocycles. The van der Waals surface area contributed by atoms with Gasteiger partial charge in [-0.1, -0.05) is 96.2 Å². The molecule has 12 heteroatoms. The molecule has 0 aromatic heterocycles. The molecule has 0 aliphatic heterocycles. The number of para-hydroxylation sites is 2. The van der Waals surface area contributed by atoms with Crippen LogP contribution in [0.5, 0.6) is 5.75 Å². The highest BCUT2D eigenvalue weighted by Crippen LogP contribution is 2.34. The molecule has 5 rings (SSSR count). The quantitative estimate of drug-likeness (QED) is 0.142. The Bertz CT molecular complexity index is 1850. The van der Waals surface area contributed by atoms with Crippen LogP contribution in [0.3, 0.4) is 0 Å². The van der Waals surface area contributed by atoms with Crippen molar-refractivity contribution in [3.05, 3.63) is 123 Å². The van der Waals surface area contributed by atoms with E-state index in [-0.39, 0.29) is 47.9 Å². The molecule has 1 unspecified atom stereocenters. The van der Waals surface area contributed by atoms with Crippen LogP contribution < -0.4 is 14.4 Å². The van der Waals surface area contributed by atoms with Gasteiger partial charge in [0, 0.05) is 34.1 Å². The number of benzene rings is 4. The number of nitrogens with zero attached hydrogens (tertiary/aromatic N) is 2. The summed E-state index contributed by atoms with van der Waals surface area (Å²) >= 11 is 18.9. The van der Waals surface area contributed by atoms with E-state index in [0.717, 1.165) is 35.6 Å². The van der Waals surface area contributed by atoms with Gasteiger partial charge in [-0.15, -0.1) is 0 Å². The number of carbonyl (C=O) groups is 2. The van der Waals surface area contributed by atoms with Crippen LogP contribution in [-0.2, 0) is 32.6 Å². The highest BCUT2D eigenvalue weighted by molar-refractivity contribution is 7.92. The molecule has 1 aliphatic carbocycles. The fourth-order valence-corrected chi connectivity index (χ4v) is 7.96. The molecule has 1 atom stereocenters. The van der Waals surface area contributed by atoms with Gasteiger partial charge >= 0.3 is 0 Å². The van der Waals surface area contributed by atoms with Gasteiger partial charge in [-0.3, -0.25) is 13.9 Å². The van der Waals surface area contributed by atoms with Crippen LogP contribution in [0.15, 0.2) is 102 Å². The van der Waals surface area contributed by atoms with E-state index in [1.165, 1.54) is 29.2 Å². The maximum absolute atomic E-state index is 14.8. The molecule has 0 heterocycles. The summed E-state index contributed by atoms with van der Waals surface area (Å²) in [5, 5.41) is 4.25. The summed E-state index contributed by atoms with van der Waals surface area (Å²) in [7, 11) is -4.35. The number of amides is 2. The Morgan fingerprint density at radius 1 is 0.878 bits per heavy atom. The topological polar surface area (TPSA) is 96.0 Å². The van der Waals surface area contributed by atoms with Crippen molar-refractivity contribution in [3.63, 3.8) is 0 Å². The first-order chi connectivity index (χ1) is 23.6. The van der Waals surface area contributed by atoms with Crippen LogP contribution in [0, 0.1) is 0 Å². The van der Waals surface area contributed by atoms with Crippen molar-refractivity contribution in [1.82, 2.24) is 10.2 Å². The first-order valence-electron chi connectivity index (χ1n) is 16.1. The Morgan fingerprint density at radius 2 is 1.53 bits per heavy atom. The highest BCUT2D eigenvalue weighted by Gasteiger charge is 2.36. The second-order valence-electron chi connectivity index (χ2n) is 11.8. The lowest BCUT2D eigenvalue weighted by atomic mass is 10.0. The zero-order valence-corrected chi connectivity index (χ0v) is 30.1. The van der Waals surface area contributed by atoms with Crippen LogP contribution in [-0.4, -0.2) is 50.4 Å². The molecule has 0 spiro atoms. The van der Waals surface area contributed by atoms with Crippen molar-refractivity contribution < 1.29 is 22.7 Å². The molecular formula is C37H38Cl3N3O5S. The minimum absolute atomic E-state index is 0.0123. The van der Waals surface area contributed by atoms with Crippen molar-refractivity contribution >= 4 is 62.3 Å². The first kappa shape index (κ1) is 36.5. The average molecular weight is 743 g/mol. The van der Waals surface area contributed by atoms with E-state index in [0.29, 0.717) is 20.6 Å². The summed E-state index contributed by atoms with van der Waals surface area (Å²) in [5.41, 5.74) is 1.56. The van der Waals surface area contributed by atoms with Gasteiger partial charge in [0.25, 0.3) is 10.0 Å². The third-order valence-corrected chi connectivity index (χ3v) is 11.1. The second kappa shape index (κ2) is 16.8. The van der Waals surface area contributed by atoms with Crippen LogP contribution >= 0.6 is 34.8 Å². The van der Waals surface area contributed by atoms with Crippen molar-refractivity contribution in [2.45, 2.75) is 62.6 Å². The van der Waals surface area contributed by atoms with Gasteiger partial charge in [-0.2, -0.15) is 0 Å². The van der Waals surface area contributed by atoms with Gasteiger partial charge in [0.05, 0.1) is 17.2 Å². The Kier molecular flexibility index (Phi) is 12.5. The number of ether oxygens (including phenoxy) is 1. The Balaban J connectivity index is 1.61. The van der Waals surface area contributed by atoms with Gasteiger partial charge in [0.2, 0.25) is 11.8 Å².